The third-order valence-corrected chi connectivity index (χ3v) is 8.83. The van der Waals surface area contributed by atoms with Gasteiger partial charge in [0, 0.05) is 61.3 Å². The highest BCUT2D eigenvalue weighted by Crippen LogP contribution is 2.38. The van der Waals surface area contributed by atoms with Crippen LogP contribution < -0.4 is 26.0 Å². The van der Waals surface area contributed by atoms with Gasteiger partial charge in [0.15, 0.2) is 11.6 Å². The van der Waals surface area contributed by atoms with E-state index in [-0.39, 0.29) is 29.8 Å². The van der Waals surface area contributed by atoms with Crippen LogP contribution in [0.2, 0.25) is 0 Å². The Kier molecular flexibility index (Phi) is 8.85. The molecular formula is C33H37FN6O5S. The second-order valence-corrected chi connectivity index (χ2v) is 13.6. The van der Waals surface area contributed by atoms with E-state index in [9.17, 15) is 18.8 Å². The number of urea groups is 1. The van der Waals surface area contributed by atoms with Crippen LogP contribution in [0.3, 0.4) is 0 Å². The summed E-state index contributed by atoms with van der Waals surface area (Å²) in [6.45, 7) is 6.94. The van der Waals surface area contributed by atoms with Crippen molar-refractivity contribution in [2.45, 2.75) is 64.1 Å². The van der Waals surface area contributed by atoms with Crippen molar-refractivity contribution < 1.29 is 28.2 Å². The molecule has 0 unspecified atom stereocenters. The van der Waals surface area contributed by atoms with E-state index in [0.29, 0.717) is 55.0 Å². The molecule has 3 aliphatic rings. The predicted octanol–water partition coefficient (Wildman–Crippen LogP) is 5.90. The van der Waals surface area contributed by atoms with Crippen LogP contribution in [0.1, 0.15) is 51.3 Å². The minimum atomic E-state index is -0.603. The Morgan fingerprint density at radius 2 is 1.76 bits per heavy atom. The number of pyridine rings is 1. The highest BCUT2D eigenvalue weighted by Gasteiger charge is 2.28. The lowest BCUT2D eigenvalue weighted by molar-refractivity contribution is -0.128. The number of likely N-dealkylation sites (tertiary alicyclic amines) is 1. The standard InChI is InChI=1S/C33H37FN6O5S/c1-33(2,3)45-32(43)39-21-11-14-40(15-12-21)30(41)19-4-8-24(36-18-19)28-17-25-29(46-28)27(10-13-35-25)44-26-9-7-22(16-23(26)34)38-31(42)37-20-5-6-20/h4,7-10,13,16-17,20-21,36H,5-6,11-12,14-15,18H2,1-3H3,(H,39,43)(H2,37,38,42). The highest BCUT2D eigenvalue weighted by atomic mass is 32.1. The molecule has 2 fully saturated rings. The fourth-order valence-corrected chi connectivity index (χ4v) is 6.27. The number of hydrogen-bond donors (Lipinski definition) is 4. The van der Waals surface area contributed by atoms with Crippen LogP contribution in [0.4, 0.5) is 19.7 Å². The first-order valence-corrected chi connectivity index (χ1v) is 16.2. The number of allylic oxidation sites excluding steroid dienone is 2. The summed E-state index contributed by atoms with van der Waals surface area (Å²) in [5.41, 5.74) is 1.98. The number of fused-ring (bicyclic) bond motifs is 1. The Hall–Kier alpha value is -4.65. The van der Waals surface area contributed by atoms with Crippen molar-refractivity contribution in [1.82, 2.24) is 25.8 Å². The Morgan fingerprint density at radius 1 is 1.00 bits per heavy atom. The number of aromatic nitrogens is 1. The quantitative estimate of drug-likeness (QED) is 0.251. The summed E-state index contributed by atoms with van der Waals surface area (Å²) in [7, 11) is 0. The van der Waals surface area contributed by atoms with Crippen LogP contribution in [0.15, 0.2) is 54.3 Å². The topological polar surface area (TPSA) is 134 Å². The number of thiophene rings is 1. The van der Waals surface area contributed by atoms with Gasteiger partial charge >= 0.3 is 12.1 Å². The average molecular weight is 649 g/mol. The number of alkyl carbamates (subject to hydrolysis) is 1. The molecule has 3 aromatic rings. The van der Waals surface area contributed by atoms with Gasteiger partial charge in [-0.05, 0) is 76.8 Å². The van der Waals surface area contributed by atoms with Gasteiger partial charge in [0.25, 0.3) is 5.91 Å². The Balaban J connectivity index is 1.07. The number of halogens is 1. The molecular weight excluding hydrogens is 611 g/mol. The minimum Gasteiger partial charge on any atom is -0.453 e. The van der Waals surface area contributed by atoms with Gasteiger partial charge in [0.1, 0.15) is 11.4 Å². The molecule has 2 aromatic heterocycles. The smallest absolute Gasteiger partial charge is 0.407 e. The molecule has 1 saturated carbocycles. The molecule has 46 heavy (non-hydrogen) atoms. The van der Waals surface area contributed by atoms with Crippen molar-refractivity contribution in [3.63, 3.8) is 0 Å². The number of dihydropyridines is 1. The van der Waals surface area contributed by atoms with Gasteiger partial charge < -0.3 is 35.6 Å². The van der Waals surface area contributed by atoms with Crippen LogP contribution in [-0.4, -0.2) is 65.2 Å². The lowest BCUT2D eigenvalue weighted by atomic mass is 10.0. The van der Waals surface area contributed by atoms with E-state index in [0.717, 1.165) is 28.1 Å². The van der Waals surface area contributed by atoms with Crippen LogP contribution >= 0.6 is 11.3 Å². The van der Waals surface area contributed by atoms with Crippen molar-refractivity contribution in [3.8, 4) is 11.5 Å². The molecule has 0 spiro atoms. The SMILES string of the molecule is CC(C)(C)OC(=O)NC1CCN(C(=O)C2=CC=C(c3cc4nccc(Oc5ccc(NC(=O)NC6CC6)cc5F)c4s3)NC2)CC1. The normalized spacial score (nSPS) is 17.0. The van der Waals surface area contributed by atoms with Crippen molar-refractivity contribution in [2.75, 3.05) is 25.0 Å². The maximum Gasteiger partial charge on any atom is 0.407 e. The second-order valence-electron chi connectivity index (χ2n) is 12.6. The van der Waals surface area contributed by atoms with E-state index < -0.39 is 17.5 Å². The summed E-state index contributed by atoms with van der Waals surface area (Å²) in [5.74, 6) is -0.145. The maximum absolute atomic E-state index is 14.9. The van der Waals surface area contributed by atoms with E-state index in [4.69, 9.17) is 9.47 Å². The zero-order valence-electron chi connectivity index (χ0n) is 25.9. The number of nitrogens with zero attached hydrogens (tertiary/aromatic N) is 2. The predicted molar refractivity (Wildman–Crippen MR) is 174 cm³/mol. The number of piperidine rings is 1. The first-order valence-electron chi connectivity index (χ1n) is 15.4. The number of anilines is 1. The Morgan fingerprint density at radius 3 is 2.43 bits per heavy atom. The fraction of sp³-hybridized carbons (Fsp3) is 0.394. The molecule has 4 heterocycles. The third kappa shape index (κ3) is 7.76. The second kappa shape index (κ2) is 13.0. The summed E-state index contributed by atoms with van der Waals surface area (Å²) >= 11 is 1.45. The molecule has 242 valence electrons. The molecule has 1 aliphatic carbocycles. The average Bonchev–Trinajstić information content (AvgIpc) is 3.71. The first kappa shape index (κ1) is 31.3. The lowest BCUT2D eigenvalue weighted by Crippen LogP contribution is -2.48. The summed E-state index contributed by atoms with van der Waals surface area (Å²) in [6, 6.07) is 7.72. The zero-order valence-corrected chi connectivity index (χ0v) is 26.8. The van der Waals surface area contributed by atoms with E-state index in [1.54, 1.807) is 18.3 Å². The number of ether oxygens (including phenoxy) is 2. The van der Waals surface area contributed by atoms with Gasteiger partial charge in [0.05, 0.1) is 20.8 Å². The van der Waals surface area contributed by atoms with Gasteiger partial charge in [-0.25, -0.2) is 14.0 Å². The van der Waals surface area contributed by atoms with E-state index in [1.165, 1.54) is 23.5 Å². The Labute approximate surface area is 270 Å². The van der Waals surface area contributed by atoms with E-state index in [1.807, 2.05) is 43.9 Å². The fourth-order valence-electron chi connectivity index (χ4n) is 5.20. The lowest BCUT2D eigenvalue weighted by Gasteiger charge is -2.33. The number of amides is 4. The summed E-state index contributed by atoms with van der Waals surface area (Å²) in [6.07, 6.45) is 8.13. The molecule has 2 aliphatic heterocycles. The first-order chi connectivity index (χ1) is 22.0. The number of nitrogens with one attached hydrogen (secondary N) is 4. The monoisotopic (exact) mass is 648 g/mol. The van der Waals surface area contributed by atoms with Gasteiger partial charge in [-0.2, -0.15) is 0 Å². The number of benzene rings is 1. The molecule has 0 radical (unpaired) electrons. The number of carbonyl (C=O) groups is 3. The molecule has 11 nitrogen and oxygen atoms in total. The summed E-state index contributed by atoms with van der Waals surface area (Å²) in [5, 5.41) is 11.7. The number of rotatable bonds is 7. The van der Waals surface area contributed by atoms with Gasteiger partial charge in [-0.1, -0.05) is 0 Å². The van der Waals surface area contributed by atoms with Crippen LogP contribution in [-0.2, 0) is 9.53 Å². The van der Waals surface area contributed by atoms with Gasteiger partial charge in [-0.3, -0.25) is 9.78 Å². The van der Waals surface area contributed by atoms with Gasteiger partial charge in [-0.15, -0.1) is 11.3 Å². The summed E-state index contributed by atoms with van der Waals surface area (Å²) < 4.78 is 27.0. The van der Waals surface area contributed by atoms with Crippen LogP contribution in [0.25, 0.3) is 15.9 Å². The largest absolute Gasteiger partial charge is 0.453 e. The number of carbonyl (C=O) groups excluding carboxylic acids is 3. The molecule has 6 rings (SSSR count). The van der Waals surface area contributed by atoms with E-state index >= 15 is 0 Å². The zero-order chi connectivity index (χ0) is 32.4. The molecule has 0 bridgehead atoms. The minimum absolute atomic E-state index is 0.0287. The Bertz CT molecular complexity index is 1720. The molecule has 4 N–H and O–H groups in total. The maximum atomic E-state index is 14.9. The molecule has 1 aromatic carbocycles. The molecule has 4 amide bonds. The highest BCUT2D eigenvalue weighted by molar-refractivity contribution is 7.20. The van der Waals surface area contributed by atoms with Crippen LogP contribution in [0.5, 0.6) is 11.5 Å². The number of hydrogen-bond acceptors (Lipinski definition) is 8. The molecule has 13 heteroatoms. The van der Waals surface area contributed by atoms with E-state index in [2.05, 4.69) is 26.3 Å². The third-order valence-electron chi connectivity index (χ3n) is 7.66. The summed E-state index contributed by atoms with van der Waals surface area (Å²) in [4.78, 5) is 44.5. The van der Waals surface area contributed by atoms with Crippen molar-refractivity contribution in [2.24, 2.45) is 0 Å². The van der Waals surface area contributed by atoms with Gasteiger partial charge in [0.2, 0.25) is 0 Å². The van der Waals surface area contributed by atoms with Crippen molar-refractivity contribution in [1.29, 1.82) is 0 Å². The molecule has 0 atom stereocenters. The van der Waals surface area contributed by atoms with Crippen LogP contribution in [0, 0.1) is 5.82 Å². The van der Waals surface area contributed by atoms with Crippen molar-refractivity contribution >= 4 is 51.0 Å². The molecule has 1 saturated heterocycles. The van der Waals surface area contributed by atoms with Crippen molar-refractivity contribution in [3.05, 3.63) is 64.9 Å².